The number of fused-ring (bicyclic) bond motifs is 1. The number of halogens is 1. The summed E-state index contributed by atoms with van der Waals surface area (Å²) in [6, 6.07) is 16.9. The number of H-pyrrole nitrogens is 1. The van der Waals surface area contributed by atoms with E-state index in [1.54, 1.807) is 18.2 Å². The first-order chi connectivity index (χ1) is 12.7. The Morgan fingerprint density at radius 3 is 2.65 bits per heavy atom. The highest BCUT2D eigenvalue weighted by molar-refractivity contribution is 5.98. The maximum absolute atomic E-state index is 13.9. The minimum Gasteiger partial charge on any atom is -0.350 e. The van der Waals surface area contributed by atoms with Crippen LogP contribution in [0.3, 0.4) is 0 Å². The van der Waals surface area contributed by atoms with Crippen LogP contribution in [0.4, 0.5) is 4.39 Å². The maximum atomic E-state index is 13.9. The number of rotatable bonds is 3. The molecule has 1 aliphatic rings. The summed E-state index contributed by atoms with van der Waals surface area (Å²) >= 11 is 0. The van der Waals surface area contributed by atoms with Gasteiger partial charge in [0.25, 0.3) is 5.91 Å². The number of nitrogens with zero attached hydrogens (tertiary/aromatic N) is 2. The highest BCUT2D eigenvalue weighted by atomic mass is 19.1. The SMILES string of the molecule is O=C(c1cc2c(F)cccc2[nH]1)N1CCCN(Cc2ccccc2)CC1. The zero-order valence-electron chi connectivity index (χ0n) is 14.6. The molecule has 0 bridgehead atoms. The molecule has 0 saturated carbocycles. The van der Waals surface area contributed by atoms with E-state index < -0.39 is 0 Å². The summed E-state index contributed by atoms with van der Waals surface area (Å²) in [6.45, 7) is 4.13. The molecule has 2 heterocycles. The lowest BCUT2D eigenvalue weighted by Crippen LogP contribution is -2.35. The van der Waals surface area contributed by atoms with E-state index in [4.69, 9.17) is 0 Å². The molecule has 3 aromatic rings. The molecular formula is C21H22FN3O. The first-order valence-corrected chi connectivity index (χ1v) is 9.03. The molecule has 0 aliphatic carbocycles. The van der Waals surface area contributed by atoms with Crippen LogP contribution in [-0.2, 0) is 6.54 Å². The fourth-order valence-electron chi connectivity index (χ4n) is 3.58. The van der Waals surface area contributed by atoms with E-state index in [0.29, 0.717) is 23.1 Å². The minimum atomic E-state index is -0.303. The number of carbonyl (C=O) groups excluding carboxylic acids is 1. The van der Waals surface area contributed by atoms with E-state index in [9.17, 15) is 9.18 Å². The average Bonchev–Trinajstić information content (AvgIpc) is 2.97. The largest absolute Gasteiger partial charge is 0.350 e. The average molecular weight is 351 g/mol. The fourth-order valence-corrected chi connectivity index (χ4v) is 3.58. The zero-order valence-corrected chi connectivity index (χ0v) is 14.6. The number of hydrogen-bond acceptors (Lipinski definition) is 2. The van der Waals surface area contributed by atoms with Crippen molar-refractivity contribution in [3.63, 3.8) is 0 Å². The van der Waals surface area contributed by atoms with Gasteiger partial charge in [-0.2, -0.15) is 0 Å². The molecule has 1 fully saturated rings. The summed E-state index contributed by atoms with van der Waals surface area (Å²) in [4.78, 5) is 20.2. The summed E-state index contributed by atoms with van der Waals surface area (Å²) in [5.41, 5.74) is 2.41. The molecule has 5 heteroatoms. The summed E-state index contributed by atoms with van der Waals surface area (Å²) in [5.74, 6) is -0.357. The fraction of sp³-hybridized carbons (Fsp3) is 0.286. The maximum Gasteiger partial charge on any atom is 0.270 e. The van der Waals surface area contributed by atoms with E-state index in [-0.39, 0.29) is 11.7 Å². The topological polar surface area (TPSA) is 39.3 Å². The first-order valence-electron chi connectivity index (χ1n) is 9.03. The second-order valence-corrected chi connectivity index (χ2v) is 6.79. The summed E-state index contributed by atoms with van der Waals surface area (Å²) in [6.07, 6.45) is 0.938. The predicted molar refractivity (Wildman–Crippen MR) is 100 cm³/mol. The Labute approximate surface area is 152 Å². The Morgan fingerprint density at radius 1 is 1.00 bits per heavy atom. The van der Waals surface area contributed by atoms with Crippen molar-refractivity contribution in [3.05, 3.63) is 71.7 Å². The summed E-state index contributed by atoms with van der Waals surface area (Å²) < 4.78 is 13.9. The van der Waals surface area contributed by atoms with Crippen molar-refractivity contribution in [2.24, 2.45) is 0 Å². The second kappa shape index (κ2) is 7.30. The smallest absolute Gasteiger partial charge is 0.270 e. The van der Waals surface area contributed by atoms with Gasteiger partial charge in [-0.1, -0.05) is 36.4 Å². The van der Waals surface area contributed by atoms with Crippen LogP contribution in [0.25, 0.3) is 10.9 Å². The molecule has 4 rings (SSSR count). The van der Waals surface area contributed by atoms with E-state index in [1.165, 1.54) is 11.6 Å². The van der Waals surface area contributed by atoms with Gasteiger partial charge in [0, 0.05) is 43.6 Å². The van der Waals surface area contributed by atoms with Gasteiger partial charge < -0.3 is 9.88 Å². The van der Waals surface area contributed by atoms with Crippen LogP contribution in [0.5, 0.6) is 0 Å². The van der Waals surface area contributed by atoms with Gasteiger partial charge in [-0.15, -0.1) is 0 Å². The molecule has 0 radical (unpaired) electrons. The zero-order chi connectivity index (χ0) is 17.9. The van der Waals surface area contributed by atoms with Crippen LogP contribution in [0.2, 0.25) is 0 Å². The molecule has 2 aromatic carbocycles. The van der Waals surface area contributed by atoms with Crippen molar-refractivity contribution in [2.75, 3.05) is 26.2 Å². The number of hydrogen-bond donors (Lipinski definition) is 1. The lowest BCUT2D eigenvalue weighted by Gasteiger charge is -2.21. The van der Waals surface area contributed by atoms with Crippen LogP contribution in [0, 0.1) is 5.82 Å². The number of aromatic nitrogens is 1. The van der Waals surface area contributed by atoms with Crippen molar-refractivity contribution >= 4 is 16.8 Å². The molecule has 1 N–H and O–H groups in total. The Hall–Kier alpha value is -2.66. The third-order valence-corrected chi connectivity index (χ3v) is 4.97. The summed E-state index contributed by atoms with van der Waals surface area (Å²) in [5, 5.41) is 0.469. The van der Waals surface area contributed by atoms with Gasteiger partial charge in [0.2, 0.25) is 0 Å². The lowest BCUT2D eigenvalue weighted by atomic mass is 10.2. The Morgan fingerprint density at radius 2 is 1.85 bits per heavy atom. The van der Waals surface area contributed by atoms with Gasteiger partial charge in [0.1, 0.15) is 11.5 Å². The molecule has 0 atom stereocenters. The molecule has 1 amide bonds. The normalized spacial score (nSPS) is 16.0. The standard InChI is InChI=1S/C21H22FN3O/c22-18-8-4-9-19-17(18)14-20(23-19)21(26)25-11-5-10-24(12-13-25)15-16-6-2-1-3-7-16/h1-4,6-9,14,23H,5,10-13,15H2. The summed E-state index contributed by atoms with van der Waals surface area (Å²) in [7, 11) is 0. The van der Waals surface area contributed by atoms with Crippen molar-refractivity contribution in [1.29, 1.82) is 0 Å². The molecule has 1 aromatic heterocycles. The molecule has 26 heavy (non-hydrogen) atoms. The van der Waals surface area contributed by atoms with Gasteiger partial charge >= 0.3 is 0 Å². The number of amides is 1. The van der Waals surface area contributed by atoms with Crippen LogP contribution in [0.1, 0.15) is 22.5 Å². The molecule has 1 saturated heterocycles. The quantitative estimate of drug-likeness (QED) is 0.782. The van der Waals surface area contributed by atoms with Crippen molar-refractivity contribution in [2.45, 2.75) is 13.0 Å². The molecule has 0 unspecified atom stereocenters. The van der Waals surface area contributed by atoms with Gasteiger partial charge in [0.15, 0.2) is 0 Å². The predicted octanol–water partition coefficient (Wildman–Crippen LogP) is 3.66. The van der Waals surface area contributed by atoms with Crippen molar-refractivity contribution < 1.29 is 9.18 Å². The van der Waals surface area contributed by atoms with Gasteiger partial charge in [0.05, 0.1) is 0 Å². The lowest BCUT2D eigenvalue weighted by molar-refractivity contribution is 0.0756. The van der Waals surface area contributed by atoms with Crippen LogP contribution in [0.15, 0.2) is 54.6 Å². The van der Waals surface area contributed by atoms with Crippen molar-refractivity contribution in [3.8, 4) is 0 Å². The van der Waals surface area contributed by atoms with Crippen molar-refractivity contribution in [1.82, 2.24) is 14.8 Å². The Kier molecular flexibility index (Phi) is 4.71. The van der Waals surface area contributed by atoms with E-state index in [1.807, 2.05) is 11.0 Å². The molecule has 1 aliphatic heterocycles. The molecule has 0 spiro atoms. The highest BCUT2D eigenvalue weighted by Gasteiger charge is 2.22. The molecule has 4 nitrogen and oxygen atoms in total. The van der Waals surface area contributed by atoms with Crippen LogP contribution >= 0.6 is 0 Å². The minimum absolute atomic E-state index is 0.0536. The van der Waals surface area contributed by atoms with E-state index >= 15 is 0 Å². The van der Waals surface area contributed by atoms with Gasteiger partial charge in [-0.05, 0) is 30.2 Å². The number of benzene rings is 2. The van der Waals surface area contributed by atoms with Crippen LogP contribution in [-0.4, -0.2) is 46.9 Å². The molecular weight excluding hydrogens is 329 g/mol. The third-order valence-electron chi connectivity index (χ3n) is 4.97. The number of aromatic amines is 1. The Balaban J connectivity index is 1.44. The monoisotopic (exact) mass is 351 g/mol. The van der Waals surface area contributed by atoms with Gasteiger partial charge in [-0.25, -0.2) is 4.39 Å². The van der Waals surface area contributed by atoms with Gasteiger partial charge in [-0.3, -0.25) is 9.69 Å². The van der Waals surface area contributed by atoms with E-state index in [2.05, 4.69) is 34.1 Å². The molecule has 134 valence electrons. The Bertz CT molecular complexity index is 906. The third kappa shape index (κ3) is 3.48. The number of nitrogens with one attached hydrogen (secondary N) is 1. The highest BCUT2D eigenvalue weighted by Crippen LogP contribution is 2.20. The first kappa shape index (κ1) is 16.8. The number of carbonyl (C=O) groups is 1. The van der Waals surface area contributed by atoms with E-state index in [0.717, 1.165) is 32.6 Å². The van der Waals surface area contributed by atoms with Crippen LogP contribution < -0.4 is 0 Å². The second-order valence-electron chi connectivity index (χ2n) is 6.79.